The number of amides is 2. The van der Waals surface area contributed by atoms with E-state index in [2.05, 4.69) is 25.8 Å². The zero-order valence-electron chi connectivity index (χ0n) is 14.6. The molecule has 136 valence electrons. The van der Waals surface area contributed by atoms with Gasteiger partial charge in [0.1, 0.15) is 5.82 Å². The number of anilines is 1. The minimum atomic E-state index is -0.301. The van der Waals surface area contributed by atoms with Crippen molar-refractivity contribution in [3.05, 3.63) is 66.0 Å². The van der Waals surface area contributed by atoms with Crippen LogP contribution >= 0.6 is 0 Å². The molecule has 1 aliphatic rings. The van der Waals surface area contributed by atoms with Gasteiger partial charge in [0.2, 0.25) is 5.91 Å². The van der Waals surface area contributed by atoms with Gasteiger partial charge < -0.3 is 10.6 Å². The van der Waals surface area contributed by atoms with E-state index in [0.717, 1.165) is 24.2 Å². The van der Waals surface area contributed by atoms with Crippen molar-refractivity contribution in [1.29, 1.82) is 0 Å². The minimum Gasteiger partial charge on any atom is -0.343 e. The van der Waals surface area contributed by atoms with E-state index in [1.807, 2.05) is 24.3 Å². The highest BCUT2D eigenvalue weighted by Crippen LogP contribution is 2.38. The van der Waals surface area contributed by atoms with Gasteiger partial charge in [-0.15, -0.1) is 0 Å². The number of rotatable bonds is 6. The van der Waals surface area contributed by atoms with Crippen molar-refractivity contribution in [2.45, 2.75) is 18.8 Å². The summed E-state index contributed by atoms with van der Waals surface area (Å²) in [6, 6.07) is 16.1. The summed E-state index contributed by atoms with van der Waals surface area (Å²) in [6.07, 6.45) is 2.30. The maximum absolute atomic E-state index is 12.1. The molecule has 4 rings (SSSR count). The fourth-order valence-electron chi connectivity index (χ4n) is 2.74. The maximum Gasteiger partial charge on any atom is 0.251 e. The number of carbonyl (C=O) groups excluding carboxylic acids is 2. The summed E-state index contributed by atoms with van der Waals surface area (Å²) in [7, 11) is 0. The molecule has 0 aliphatic heterocycles. The quantitative estimate of drug-likeness (QED) is 0.628. The molecule has 1 aromatic heterocycles. The van der Waals surface area contributed by atoms with Gasteiger partial charge in [-0.2, -0.15) is 5.10 Å². The molecular weight excluding hydrogens is 342 g/mol. The van der Waals surface area contributed by atoms with Crippen LogP contribution in [0.3, 0.4) is 0 Å². The van der Waals surface area contributed by atoms with Gasteiger partial charge in [0.05, 0.1) is 6.54 Å². The Balaban J connectivity index is 1.36. The summed E-state index contributed by atoms with van der Waals surface area (Å²) in [5.74, 6) is 1.45. The Labute approximate surface area is 156 Å². The first-order valence-corrected chi connectivity index (χ1v) is 8.85. The van der Waals surface area contributed by atoms with Crippen molar-refractivity contribution in [1.82, 2.24) is 20.5 Å². The van der Waals surface area contributed by atoms with Crippen molar-refractivity contribution in [3.8, 4) is 11.4 Å². The SMILES string of the molecule is O=C(CNC(=O)c1ccccc1)Nc1cccc(-c2n[nH]c(C3CC3)n2)c1. The van der Waals surface area contributed by atoms with Crippen LogP contribution in [0.4, 0.5) is 5.69 Å². The van der Waals surface area contributed by atoms with Crippen LogP contribution in [0.25, 0.3) is 11.4 Å². The van der Waals surface area contributed by atoms with E-state index >= 15 is 0 Å². The fraction of sp³-hybridized carbons (Fsp3) is 0.200. The lowest BCUT2D eigenvalue weighted by molar-refractivity contribution is -0.115. The zero-order valence-corrected chi connectivity index (χ0v) is 14.6. The van der Waals surface area contributed by atoms with E-state index in [9.17, 15) is 9.59 Å². The van der Waals surface area contributed by atoms with Crippen LogP contribution in [0.15, 0.2) is 54.6 Å². The molecule has 1 aliphatic carbocycles. The van der Waals surface area contributed by atoms with Gasteiger partial charge in [0, 0.05) is 22.7 Å². The third-order valence-corrected chi connectivity index (χ3v) is 4.32. The monoisotopic (exact) mass is 361 g/mol. The van der Waals surface area contributed by atoms with E-state index in [0.29, 0.717) is 23.0 Å². The fourth-order valence-corrected chi connectivity index (χ4v) is 2.74. The molecule has 2 amide bonds. The smallest absolute Gasteiger partial charge is 0.251 e. The van der Waals surface area contributed by atoms with Crippen LogP contribution < -0.4 is 10.6 Å². The summed E-state index contributed by atoms with van der Waals surface area (Å²) >= 11 is 0. The summed E-state index contributed by atoms with van der Waals surface area (Å²) in [5, 5.41) is 12.6. The Morgan fingerprint density at radius 3 is 2.67 bits per heavy atom. The molecule has 7 nitrogen and oxygen atoms in total. The average Bonchev–Trinajstić information content (AvgIpc) is 3.43. The molecule has 0 atom stereocenters. The van der Waals surface area contributed by atoms with Gasteiger partial charge in [0.15, 0.2) is 5.82 Å². The average molecular weight is 361 g/mol. The van der Waals surface area contributed by atoms with Crippen molar-refractivity contribution >= 4 is 17.5 Å². The van der Waals surface area contributed by atoms with Crippen molar-refractivity contribution in [2.75, 3.05) is 11.9 Å². The molecule has 2 aromatic carbocycles. The third kappa shape index (κ3) is 4.20. The molecule has 0 unspecified atom stereocenters. The van der Waals surface area contributed by atoms with E-state index in [1.54, 1.807) is 30.3 Å². The highest BCUT2D eigenvalue weighted by molar-refractivity contribution is 5.99. The van der Waals surface area contributed by atoms with E-state index in [1.165, 1.54) is 0 Å². The molecule has 0 bridgehead atoms. The number of aromatic nitrogens is 3. The van der Waals surface area contributed by atoms with Crippen LogP contribution in [0.2, 0.25) is 0 Å². The normalized spacial score (nSPS) is 13.2. The molecule has 1 heterocycles. The van der Waals surface area contributed by atoms with Gasteiger partial charge in [-0.05, 0) is 37.1 Å². The van der Waals surface area contributed by atoms with Gasteiger partial charge in [0.25, 0.3) is 5.91 Å². The van der Waals surface area contributed by atoms with Gasteiger partial charge >= 0.3 is 0 Å². The van der Waals surface area contributed by atoms with E-state index in [-0.39, 0.29) is 18.4 Å². The summed E-state index contributed by atoms with van der Waals surface area (Å²) in [5.41, 5.74) is 1.97. The molecule has 3 N–H and O–H groups in total. The molecule has 3 aromatic rings. The molecule has 0 radical (unpaired) electrons. The molecule has 7 heteroatoms. The second-order valence-electron chi connectivity index (χ2n) is 6.50. The minimum absolute atomic E-state index is 0.107. The zero-order chi connectivity index (χ0) is 18.6. The maximum atomic E-state index is 12.1. The van der Waals surface area contributed by atoms with E-state index in [4.69, 9.17) is 0 Å². The molecule has 1 fully saturated rings. The van der Waals surface area contributed by atoms with Crippen LogP contribution in [0.1, 0.15) is 34.9 Å². The largest absolute Gasteiger partial charge is 0.343 e. The lowest BCUT2D eigenvalue weighted by Crippen LogP contribution is -2.32. The third-order valence-electron chi connectivity index (χ3n) is 4.32. The second kappa shape index (κ2) is 7.41. The van der Waals surface area contributed by atoms with Crippen LogP contribution in [0, 0.1) is 0 Å². The van der Waals surface area contributed by atoms with Crippen LogP contribution in [-0.2, 0) is 4.79 Å². The Morgan fingerprint density at radius 1 is 1.07 bits per heavy atom. The van der Waals surface area contributed by atoms with Crippen molar-refractivity contribution < 1.29 is 9.59 Å². The lowest BCUT2D eigenvalue weighted by Gasteiger charge is -2.08. The number of carbonyl (C=O) groups is 2. The molecule has 27 heavy (non-hydrogen) atoms. The highest BCUT2D eigenvalue weighted by Gasteiger charge is 2.27. The summed E-state index contributed by atoms with van der Waals surface area (Å²) in [6.45, 7) is -0.107. The number of aromatic amines is 1. The summed E-state index contributed by atoms with van der Waals surface area (Å²) in [4.78, 5) is 28.6. The lowest BCUT2D eigenvalue weighted by atomic mass is 10.2. The van der Waals surface area contributed by atoms with Gasteiger partial charge in [-0.1, -0.05) is 30.3 Å². The highest BCUT2D eigenvalue weighted by atomic mass is 16.2. The number of H-pyrrole nitrogens is 1. The summed E-state index contributed by atoms with van der Waals surface area (Å²) < 4.78 is 0. The molecule has 0 spiro atoms. The van der Waals surface area contributed by atoms with Crippen molar-refractivity contribution in [2.24, 2.45) is 0 Å². The van der Waals surface area contributed by atoms with Crippen molar-refractivity contribution in [3.63, 3.8) is 0 Å². The number of hydrogen-bond acceptors (Lipinski definition) is 4. The number of nitrogens with zero attached hydrogens (tertiary/aromatic N) is 2. The number of hydrogen-bond donors (Lipinski definition) is 3. The Bertz CT molecular complexity index is 963. The van der Waals surface area contributed by atoms with Crippen LogP contribution in [0.5, 0.6) is 0 Å². The molecular formula is C20H19N5O2. The first-order valence-electron chi connectivity index (χ1n) is 8.85. The Hall–Kier alpha value is -3.48. The number of benzene rings is 2. The standard InChI is InChI=1S/C20H19N5O2/c26-17(12-21-20(27)14-5-2-1-3-6-14)22-16-8-4-7-15(11-16)19-23-18(24-25-19)13-9-10-13/h1-8,11,13H,9-10,12H2,(H,21,27)(H,22,26)(H,23,24,25). The van der Waals surface area contributed by atoms with Crippen LogP contribution in [-0.4, -0.2) is 33.5 Å². The molecule has 1 saturated carbocycles. The first-order chi connectivity index (χ1) is 13.2. The predicted molar refractivity (Wildman–Crippen MR) is 101 cm³/mol. The predicted octanol–water partition coefficient (Wildman–Crippen LogP) is 2.72. The topological polar surface area (TPSA) is 99.8 Å². The molecule has 0 saturated heterocycles. The Morgan fingerprint density at radius 2 is 1.89 bits per heavy atom. The number of nitrogens with one attached hydrogen (secondary N) is 3. The van der Waals surface area contributed by atoms with E-state index < -0.39 is 0 Å². The second-order valence-corrected chi connectivity index (χ2v) is 6.50. The van der Waals surface area contributed by atoms with Gasteiger partial charge in [-0.3, -0.25) is 14.7 Å². The Kier molecular flexibility index (Phi) is 4.65. The van der Waals surface area contributed by atoms with Gasteiger partial charge in [-0.25, -0.2) is 4.98 Å². The first kappa shape index (κ1) is 17.0.